The maximum absolute atomic E-state index is 8.48. The summed E-state index contributed by atoms with van der Waals surface area (Å²) in [5.41, 5.74) is 0.214. The van der Waals surface area contributed by atoms with E-state index in [1.165, 1.54) is 0 Å². The maximum atomic E-state index is 8.48. The second-order valence-electron chi connectivity index (χ2n) is 4.31. The zero-order valence-corrected chi connectivity index (χ0v) is 9.27. The van der Waals surface area contributed by atoms with Gasteiger partial charge < -0.3 is 5.32 Å². The first-order valence-electron chi connectivity index (χ1n) is 5.13. The van der Waals surface area contributed by atoms with Crippen LogP contribution in [0.5, 0.6) is 0 Å². The molecule has 2 heteroatoms. The number of nitrogens with one attached hydrogen (secondary N) is 1. The topological polar surface area (TPSA) is 35.8 Å². The minimum absolute atomic E-state index is 0.214. The van der Waals surface area contributed by atoms with Crippen molar-refractivity contribution in [3.63, 3.8) is 0 Å². The van der Waals surface area contributed by atoms with Gasteiger partial charge in [-0.05, 0) is 24.8 Å². The fourth-order valence-electron chi connectivity index (χ4n) is 1.22. The van der Waals surface area contributed by atoms with Gasteiger partial charge in [0, 0.05) is 19.4 Å². The highest BCUT2D eigenvalue weighted by Gasteiger charge is 2.16. The van der Waals surface area contributed by atoms with Crippen LogP contribution in [0.2, 0.25) is 0 Å². The van der Waals surface area contributed by atoms with Gasteiger partial charge in [-0.3, -0.25) is 0 Å². The summed E-state index contributed by atoms with van der Waals surface area (Å²) >= 11 is 0. The molecule has 78 valence electrons. The van der Waals surface area contributed by atoms with Crippen molar-refractivity contribution in [2.45, 2.75) is 39.5 Å². The molecule has 0 unspecified atom stereocenters. The van der Waals surface area contributed by atoms with E-state index in [4.69, 9.17) is 11.7 Å². The highest BCUT2D eigenvalue weighted by molar-refractivity contribution is 4.83. The van der Waals surface area contributed by atoms with E-state index in [-0.39, 0.29) is 5.41 Å². The fourth-order valence-corrected chi connectivity index (χ4v) is 1.22. The first-order chi connectivity index (χ1) is 6.62. The normalized spacial score (nSPS) is 10.6. The molecule has 1 N–H and O–H groups in total. The monoisotopic (exact) mass is 192 g/mol. The summed E-state index contributed by atoms with van der Waals surface area (Å²) in [6.45, 7) is 6.29. The number of hydrogen-bond acceptors (Lipinski definition) is 2. The lowest BCUT2D eigenvalue weighted by atomic mass is 9.88. The molecule has 0 fully saturated rings. The van der Waals surface area contributed by atoms with E-state index in [1.807, 2.05) is 0 Å². The van der Waals surface area contributed by atoms with Gasteiger partial charge in [0.15, 0.2) is 0 Å². The molecular formula is C12H20N2. The van der Waals surface area contributed by atoms with Gasteiger partial charge in [-0.1, -0.05) is 13.8 Å². The van der Waals surface area contributed by atoms with Gasteiger partial charge in [-0.15, -0.1) is 12.3 Å². The van der Waals surface area contributed by atoms with Crippen LogP contribution in [0.3, 0.4) is 0 Å². The molecule has 0 aliphatic heterocycles. The summed E-state index contributed by atoms with van der Waals surface area (Å²) in [4.78, 5) is 0. The first kappa shape index (κ1) is 13.0. The lowest BCUT2D eigenvalue weighted by Gasteiger charge is -2.23. The van der Waals surface area contributed by atoms with Crippen LogP contribution in [0.1, 0.15) is 39.5 Å². The van der Waals surface area contributed by atoms with Gasteiger partial charge in [-0.2, -0.15) is 5.26 Å². The quantitative estimate of drug-likeness (QED) is 0.496. The van der Waals surface area contributed by atoms with Crippen molar-refractivity contribution in [3.8, 4) is 18.4 Å². The van der Waals surface area contributed by atoms with Crippen molar-refractivity contribution >= 4 is 0 Å². The molecule has 0 radical (unpaired) electrons. The number of hydrogen-bond donors (Lipinski definition) is 1. The Morgan fingerprint density at radius 3 is 2.64 bits per heavy atom. The van der Waals surface area contributed by atoms with Crippen LogP contribution in [-0.4, -0.2) is 13.1 Å². The smallest absolute Gasteiger partial charge is 0.0621 e. The number of terminal acetylenes is 1. The van der Waals surface area contributed by atoms with E-state index in [0.717, 1.165) is 32.4 Å². The van der Waals surface area contributed by atoms with Gasteiger partial charge in [0.1, 0.15) is 0 Å². The summed E-state index contributed by atoms with van der Waals surface area (Å²) in [5, 5.41) is 11.8. The van der Waals surface area contributed by atoms with Crippen LogP contribution in [0.15, 0.2) is 0 Å². The third-order valence-corrected chi connectivity index (χ3v) is 2.19. The molecule has 0 amide bonds. The van der Waals surface area contributed by atoms with E-state index < -0.39 is 0 Å². The molecular weight excluding hydrogens is 172 g/mol. The van der Waals surface area contributed by atoms with Crippen LogP contribution in [0, 0.1) is 29.1 Å². The molecule has 0 aliphatic rings. The Morgan fingerprint density at radius 2 is 2.07 bits per heavy atom. The Hall–Kier alpha value is -0.990. The largest absolute Gasteiger partial charge is 0.316 e. The van der Waals surface area contributed by atoms with Gasteiger partial charge in [0.05, 0.1) is 6.07 Å². The lowest BCUT2D eigenvalue weighted by Crippen LogP contribution is -2.30. The fraction of sp³-hybridized carbons (Fsp3) is 0.750. The number of rotatable bonds is 7. The average Bonchev–Trinajstić information content (AvgIpc) is 2.15. The Labute approximate surface area is 87.7 Å². The zero-order valence-electron chi connectivity index (χ0n) is 9.27. The van der Waals surface area contributed by atoms with Gasteiger partial charge in [0.2, 0.25) is 0 Å². The molecule has 14 heavy (non-hydrogen) atoms. The van der Waals surface area contributed by atoms with Crippen LogP contribution in [0.25, 0.3) is 0 Å². The predicted octanol–water partition coefficient (Wildman–Crippen LogP) is 2.32. The number of unbranched alkanes of at least 4 members (excludes halogenated alkanes) is 1. The van der Waals surface area contributed by atoms with E-state index in [1.54, 1.807) is 0 Å². The summed E-state index contributed by atoms with van der Waals surface area (Å²) < 4.78 is 0. The van der Waals surface area contributed by atoms with Crippen LogP contribution in [-0.2, 0) is 0 Å². The van der Waals surface area contributed by atoms with Gasteiger partial charge in [0.25, 0.3) is 0 Å². The summed E-state index contributed by atoms with van der Waals surface area (Å²) in [7, 11) is 0. The highest BCUT2D eigenvalue weighted by atomic mass is 14.9. The van der Waals surface area contributed by atoms with Crippen LogP contribution in [0.4, 0.5) is 0 Å². The third-order valence-electron chi connectivity index (χ3n) is 2.19. The Kier molecular flexibility index (Phi) is 6.89. The van der Waals surface area contributed by atoms with E-state index in [0.29, 0.717) is 6.42 Å². The molecule has 0 aromatic carbocycles. The molecule has 0 heterocycles. The Morgan fingerprint density at radius 1 is 1.36 bits per heavy atom. The summed E-state index contributed by atoms with van der Waals surface area (Å²) in [6, 6.07) is 2.18. The van der Waals surface area contributed by atoms with Crippen molar-refractivity contribution < 1.29 is 0 Å². The molecule has 0 aromatic heterocycles. The number of nitrogens with zero attached hydrogens (tertiary/aromatic N) is 1. The van der Waals surface area contributed by atoms with Gasteiger partial charge in [-0.25, -0.2) is 0 Å². The molecule has 0 saturated heterocycles. The molecule has 2 nitrogen and oxygen atoms in total. The Balaban J connectivity index is 3.47. The summed E-state index contributed by atoms with van der Waals surface area (Å²) in [5.74, 6) is 2.62. The molecule has 0 aromatic rings. The molecule has 0 aliphatic carbocycles. The first-order valence-corrected chi connectivity index (χ1v) is 5.13. The standard InChI is InChI=1S/C12H20N2/c1-4-5-6-10-14-11-12(2,3)8-7-9-13/h1,14H,5-8,10-11H2,2-3H3. The lowest BCUT2D eigenvalue weighted by molar-refractivity contribution is 0.318. The SMILES string of the molecule is C#CCCCNCC(C)(C)CCC#N. The molecule has 0 saturated carbocycles. The van der Waals surface area contributed by atoms with Crippen LogP contribution >= 0.6 is 0 Å². The second kappa shape index (κ2) is 7.42. The van der Waals surface area contributed by atoms with Crippen molar-refractivity contribution in [1.29, 1.82) is 5.26 Å². The second-order valence-corrected chi connectivity index (χ2v) is 4.31. The zero-order chi connectivity index (χ0) is 10.9. The van der Waals surface area contributed by atoms with Gasteiger partial charge >= 0.3 is 0 Å². The average molecular weight is 192 g/mol. The molecule has 0 atom stereocenters. The van der Waals surface area contributed by atoms with Crippen molar-refractivity contribution in [2.75, 3.05) is 13.1 Å². The highest BCUT2D eigenvalue weighted by Crippen LogP contribution is 2.20. The van der Waals surface area contributed by atoms with E-state index in [9.17, 15) is 0 Å². The maximum Gasteiger partial charge on any atom is 0.0621 e. The van der Waals surface area contributed by atoms with E-state index >= 15 is 0 Å². The summed E-state index contributed by atoms with van der Waals surface area (Å²) in [6.07, 6.45) is 8.61. The van der Waals surface area contributed by atoms with Crippen molar-refractivity contribution in [3.05, 3.63) is 0 Å². The molecule has 0 rings (SSSR count). The minimum atomic E-state index is 0.214. The minimum Gasteiger partial charge on any atom is -0.316 e. The number of nitriles is 1. The van der Waals surface area contributed by atoms with Crippen molar-refractivity contribution in [2.24, 2.45) is 5.41 Å². The Bertz CT molecular complexity index is 217. The van der Waals surface area contributed by atoms with Crippen molar-refractivity contribution in [1.82, 2.24) is 5.32 Å². The van der Waals surface area contributed by atoms with E-state index in [2.05, 4.69) is 31.2 Å². The van der Waals surface area contributed by atoms with Crippen LogP contribution < -0.4 is 5.32 Å². The molecule has 0 bridgehead atoms. The molecule has 0 spiro atoms. The third kappa shape index (κ3) is 7.65. The predicted molar refractivity (Wildman–Crippen MR) is 59.6 cm³/mol.